The maximum atomic E-state index is 12.7. The Bertz CT molecular complexity index is 1150. The third kappa shape index (κ3) is 4.35. The molecule has 0 bridgehead atoms. The minimum atomic E-state index is -0.243. The lowest BCUT2D eigenvalue weighted by Crippen LogP contribution is -2.38. The number of benzene rings is 1. The molecule has 1 aliphatic rings. The molecule has 0 radical (unpaired) electrons. The van der Waals surface area contributed by atoms with Crippen LogP contribution in [-0.4, -0.2) is 58.6 Å². The van der Waals surface area contributed by atoms with Gasteiger partial charge in [0.15, 0.2) is 17.1 Å². The highest BCUT2D eigenvalue weighted by atomic mass is 16.5. The van der Waals surface area contributed by atoms with Crippen molar-refractivity contribution in [3.05, 3.63) is 59.7 Å². The molecule has 1 N–H and O–H groups in total. The van der Waals surface area contributed by atoms with E-state index in [1.165, 1.54) is 4.90 Å². The fourth-order valence-electron chi connectivity index (χ4n) is 3.49. The Hall–Kier alpha value is -3.88. The van der Waals surface area contributed by atoms with Crippen molar-refractivity contribution >= 4 is 23.5 Å². The predicted octanol–water partition coefficient (Wildman–Crippen LogP) is 1.46. The Labute approximate surface area is 179 Å². The number of methoxy groups -OCH3 is 2. The summed E-state index contributed by atoms with van der Waals surface area (Å²) in [5.41, 5.74) is 2.44. The van der Waals surface area contributed by atoms with E-state index >= 15 is 0 Å². The number of hydrogen-bond acceptors (Lipinski definition) is 6. The van der Waals surface area contributed by atoms with Gasteiger partial charge in [0.2, 0.25) is 11.8 Å². The lowest BCUT2D eigenvalue weighted by atomic mass is 10.0. The molecule has 0 atom stereocenters. The van der Waals surface area contributed by atoms with E-state index in [0.29, 0.717) is 24.5 Å². The molecule has 3 heterocycles. The standard InChI is InChI=1S/C22H23N5O4/c1-30-17-11-15-7-10-26(22(29)13-16(15)12-18(17)31-2)14-21(28)23-8-6-20-25-24-19-5-3-4-9-27(19)20/h3-5,7,9-12H,6,8,13-14H2,1-2H3,(H,23,28). The number of ether oxygens (including phenoxy) is 2. The second-order valence-corrected chi connectivity index (χ2v) is 7.07. The van der Waals surface area contributed by atoms with E-state index in [1.54, 1.807) is 32.6 Å². The summed E-state index contributed by atoms with van der Waals surface area (Å²) in [5, 5.41) is 11.1. The van der Waals surface area contributed by atoms with Crippen LogP contribution in [-0.2, 0) is 22.4 Å². The molecule has 0 fully saturated rings. The summed E-state index contributed by atoms with van der Waals surface area (Å²) >= 11 is 0. The van der Waals surface area contributed by atoms with Crippen molar-refractivity contribution in [1.82, 2.24) is 24.8 Å². The van der Waals surface area contributed by atoms with Crippen LogP contribution in [0.4, 0.5) is 0 Å². The number of carbonyl (C=O) groups excluding carboxylic acids is 2. The molecule has 31 heavy (non-hydrogen) atoms. The largest absolute Gasteiger partial charge is 0.493 e. The molecule has 9 nitrogen and oxygen atoms in total. The number of rotatable bonds is 7. The molecule has 4 rings (SSSR count). The van der Waals surface area contributed by atoms with Gasteiger partial charge in [-0.1, -0.05) is 6.07 Å². The molecule has 1 aliphatic heterocycles. The van der Waals surface area contributed by atoms with E-state index < -0.39 is 0 Å². The van der Waals surface area contributed by atoms with Crippen LogP contribution < -0.4 is 14.8 Å². The Morgan fingerprint density at radius 3 is 2.77 bits per heavy atom. The topological polar surface area (TPSA) is 98.1 Å². The number of carbonyl (C=O) groups is 2. The molecule has 2 aromatic heterocycles. The van der Waals surface area contributed by atoms with E-state index in [-0.39, 0.29) is 24.8 Å². The summed E-state index contributed by atoms with van der Waals surface area (Å²) in [6.07, 6.45) is 6.02. The number of amides is 2. The van der Waals surface area contributed by atoms with E-state index in [1.807, 2.05) is 34.9 Å². The summed E-state index contributed by atoms with van der Waals surface area (Å²) in [6, 6.07) is 9.29. The van der Waals surface area contributed by atoms with Crippen LogP contribution in [0, 0.1) is 0 Å². The zero-order valence-corrected chi connectivity index (χ0v) is 17.4. The minimum Gasteiger partial charge on any atom is -0.493 e. The highest BCUT2D eigenvalue weighted by molar-refractivity contribution is 5.89. The smallest absolute Gasteiger partial charge is 0.240 e. The van der Waals surface area contributed by atoms with Crippen LogP contribution in [0.5, 0.6) is 11.5 Å². The van der Waals surface area contributed by atoms with Crippen LogP contribution in [0.3, 0.4) is 0 Å². The second-order valence-electron chi connectivity index (χ2n) is 7.07. The van der Waals surface area contributed by atoms with Crippen molar-refractivity contribution in [3.63, 3.8) is 0 Å². The van der Waals surface area contributed by atoms with Gasteiger partial charge in [0.05, 0.1) is 20.6 Å². The van der Waals surface area contributed by atoms with Crippen LogP contribution in [0.15, 0.2) is 42.7 Å². The predicted molar refractivity (Wildman–Crippen MR) is 114 cm³/mol. The van der Waals surface area contributed by atoms with E-state index in [0.717, 1.165) is 22.6 Å². The molecule has 0 spiro atoms. The number of aromatic nitrogens is 3. The van der Waals surface area contributed by atoms with E-state index in [2.05, 4.69) is 15.5 Å². The third-order valence-electron chi connectivity index (χ3n) is 5.11. The Morgan fingerprint density at radius 2 is 1.97 bits per heavy atom. The molecule has 3 aromatic rings. The second kappa shape index (κ2) is 8.86. The number of nitrogens with zero attached hydrogens (tertiary/aromatic N) is 4. The molecule has 1 aromatic carbocycles. The number of nitrogens with one attached hydrogen (secondary N) is 1. The maximum absolute atomic E-state index is 12.7. The Balaban J connectivity index is 1.36. The quantitative estimate of drug-likeness (QED) is 0.620. The first-order valence-corrected chi connectivity index (χ1v) is 9.87. The monoisotopic (exact) mass is 421 g/mol. The van der Waals surface area contributed by atoms with Gasteiger partial charge in [0.25, 0.3) is 0 Å². The zero-order valence-electron chi connectivity index (χ0n) is 17.4. The fourth-order valence-corrected chi connectivity index (χ4v) is 3.49. The first-order chi connectivity index (χ1) is 15.1. The van der Waals surface area contributed by atoms with Crippen molar-refractivity contribution in [3.8, 4) is 11.5 Å². The van der Waals surface area contributed by atoms with Crippen LogP contribution >= 0.6 is 0 Å². The third-order valence-corrected chi connectivity index (χ3v) is 5.11. The molecule has 160 valence electrons. The lowest BCUT2D eigenvalue weighted by molar-refractivity contribution is -0.132. The first kappa shape index (κ1) is 20.4. The zero-order chi connectivity index (χ0) is 21.8. The highest BCUT2D eigenvalue weighted by Gasteiger charge is 2.21. The van der Waals surface area contributed by atoms with Crippen molar-refractivity contribution in [2.24, 2.45) is 0 Å². The van der Waals surface area contributed by atoms with Gasteiger partial charge in [-0.15, -0.1) is 10.2 Å². The van der Waals surface area contributed by atoms with Gasteiger partial charge < -0.3 is 19.7 Å². The highest BCUT2D eigenvalue weighted by Crippen LogP contribution is 2.32. The average Bonchev–Trinajstić information content (AvgIpc) is 3.13. The van der Waals surface area contributed by atoms with Crippen molar-refractivity contribution < 1.29 is 19.1 Å². The van der Waals surface area contributed by atoms with Gasteiger partial charge in [-0.3, -0.25) is 14.0 Å². The fraction of sp³-hybridized carbons (Fsp3) is 0.273. The molecule has 0 saturated carbocycles. The van der Waals surface area contributed by atoms with E-state index in [4.69, 9.17) is 9.47 Å². The normalized spacial score (nSPS) is 13.1. The van der Waals surface area contributed by atoms with E-state index in [9.17, 15) is 9.59 Å². The number of pyridine rings is 1. The SMILES string of the molecule is COc1cc2c(cc1OC)CC(=O)N(CC(=O)NCCc1nnc3ccccn13)C=C2. The first-order valence-electron chi connectivity index (χ1n) is 9.87. The summed E-state index contributed by atoms with van der Waals surface area (Å²) in [6.45, 7) is 0.340. The maximum Gasteiger partial charge on any atom is 0.240 e. The van der Waals surface area contributed by atoms with Gasteiger partial charge in [-0.05, 0) is 41.5 Å². The van der Waals surface area contributed by atoms with Crippen LogP contribution in [0.25, 0.3) is 11.7 Å². The minimum absolute atomic E-state index is 0.0574. The van der Waals surface area contributed by atoms with Crippen molar-refractivity contribution in [2.45, 2.75) is 12.8 Å². The summed E-state index contributed by atoms with van der Waals surface area (Å²) in [4.78, 5) is 26.5. The Morgan fingerprint density at radius 1 is 1.16 bits per heavy atom. The molecule has 0 aliphatic carbocycles. The lowest BCUT2D eigenvalue weighted by Gasteiger charge is -2.16. The van der Waals surface area contributed by atoms with Gasteiger partial charge in [0.1, 0.15) is 12.4 Å². The van der Waals surface area contributed by atoms with Crippen LogP contribution in [0.2, 0.25) is 0 Å². The van der Waals surface area contributed by atoms with Crippen LogP contribution in [0.1, 0.15) is 17.0 Å². The van der Waals surface area contributed by atoms with Crippen molar-refractivity contribution in [1.29, 1.82) is 0 Å². The molecule has 2 amide bonds. The number of hydrogen-bond donors (Lipinski definition) is 1. The summed E-state index contributed by atoms with van der Waals surface area (Å²) in [5.74, 6) is 1.51. The summed E-state index contributed by atoms with van der Waals surface area (Å²) in [7, 11) is 3.12. The van der Waals surface area contributed by atoms with Crippen molar-refractivity contribution in [2.75, 3.05) is 27.3 Å². The molecule has 0 saturated heterocycles. The molecule has 9 heteroatoms. The van der Waals surface area contributed by atoms with Gasteiger partial charge >= 0.3 is 0 Å². The van der Waals surface area contributed by atoms with Gasteiger partial charge in [-0.2, -0.15) is 0 Å². The number of fused-ring (bicyclic) bond motifs is 2. The summed E-state index contributed by atoms with van der Waals surface area (Å²) < 4.78 is 12.5. The van der Waals surface area contributed by atoms with Gasteiger partial charge in [-0.25, -0.2) is 0 Å². The molecular formula is C22H23N5O4. The molecular weight excluding hydrogens is 398 g/mol. The average molecular weight is 421 g/mol. The molecule has 0 unspecified atom stereocenters. The Kier molecular flexibility index (Phi) is 5.83. The van der Waals surface area contributed by atoms with Gasteiger partial charge in [0, 0.05) is 25.4 Å².